The van der Waals surface area contributed by atoms with E-state index in [1.165, 1.54) is 0 Å². The summed E-state index contributed by atoms with van der Waals surface area (Å²) < 4.78 is 5.26. The van der Waals surface area contributed by atoms with Crippen LogP contribution in [0.4, 0.5) is 0 Å². The van der Waals surface area contributed by atoms with Crippen LogP contribution in [0.15, 0.2) is 41.1 Å². The SMILES string of the molecule is Cc1noc(C)c1-c1cnc2n[nH]c(-c3cccc(CO)c3)c2c1. The van der Waals surface area contributed by atoms with Crippen LogP contribution in [-0.2, 0) is 6.61 Å². The van der Waals surface area contributed by atoms with Crippen LogP contribution in [0.2, 0.25) is 0 Å². The average molecular weight is 320 g/mol. The smallest absolute Gasteiger partial charge is 0.181 e. The number of hydrogen-bond acceptors (Lipinski definition) is 5. The maximum absolute atomic E-state index is 9.35. The van der Waals surface area contributed by atoms with Crippen LogP contribution in [0.1, 0.15) is 17.0 Å². The number of aliphatic hydroxyl groups excluding tert-OH is 1. The van der Waals surface area contributed by atoms with Gasteiger partial charge < -0.3 is 9.63 Å². The fourth-order valence-corrected chi connectivity index (χ4v) is 2.98. The second-order valence-electron chi connectivity index (χ2n) is 5.75. The first kappa shape index (κ1) is 14.6. The molecule has 0 unspecified atom stereocenters. The van der Waals surface area contributed by atoms with Crippen molar-refractivity contribution in [1.82, 2.24) is 20.3 Å². The molecule has 0 aliphatic heterocycles. The highest BCUT2D eigenvalue weighted by Gasteiger charge is 2.15. The number of pyridine rings is 1. The molecule has 0 aliphatic carbocycles. The summed E-state index contributed by atoms with van der Waals surface area (Å²) in [5.41, 5.74) is 6.07. The molecule has 4 rings (SSSR count). The lowest BCUT2D eigenvalue weighted by atomic mass is 10.0. The Bertz CT molecular complexity index is 1010. The van der Waals surface area contributed by atoms with Gasteiger partial charge in [-0.3, -0.25) is 5.10 Å². The first-order valence-corrected chi connectivity index (χ1v) is 7.65. The van der Waals surface area contributed by atoms with Crippen LogP contribution >= 0.6 is 0 Å². The van der Waals surface area contributed by atoms with Crippen LogP contribution in [0.3, 0.4) is 0 Å². The predicted molar refractivity (Wildman–Crippen MR) is 90.2 cm³/mol. The molecule has 6 nitrogen and oxygen atoms in total. The molecule has 4 aromatic rings. The van der Waals surface area contributed by atoms with Crippen LogP contribution in [0.25, 0.3) is 33.4 Å². The lowest BCUT2D eigenvalue weighted by molar-refractivity contribution is 0.282. The minimum atomic E-state index is 0.00247. The number of H-pyrrole nitrogens is 1. The van der Waals surface area contributed by atoms with Gasteiger partial charge in [-0.25, -0.2) is 4.98 Å². The quantitative estimate of drug-likeness (QED) is 0.604. The molecule has 0 fully saturated rings. The van der Waals surface area contributed by atoms with Crippen molar-refractivity contribution in [1.29, 1.82) is 0 Å². The van der Waals surface area contributed by atoms with Gasteiger partial charge in [-0.05, 0) is 31.5 Å². The highest BCUT2D eigenvalue weighted by Crippen LogP contribution is 2.32. The highest BCUT2D eigenvalue weighted by atomic mass is 16.5. The minimum Gasteiger partial charge on any atom is -0.392 e. The molecule has 0 amide bonds. The number of nitrogens with zero attached hydrogens (tertiary/aromatic N) is 3. The summed E-state index contributed by atoms with van der Waals surface area (Å²) in [6.07, 6.45) is 1.78. The van der Waals surface area contributed by atoms with E-state index < -0.39 is 0 Å². The second-order valence-corrected chi connectivity index (χ2v) is 5.75. The minimum absolute atomic E-state index is 0.00247. The lowest BCUT2D eigenvalue weighted by Crippen LogP contribution is -1.87. The number of aromatic amines is 1. The van der Waals surface area contributed by atoms with Crippen LogP contribution in [0, 0.1) is 13.8 Å². The average Bonchev–Trinajstić information content (AvgIpc) is 3.17. The third-order valence-electron chi connectivity index (χ3n) is 4.13. The monoisotopic (exact) mass is 320 g/mol. The Kier molecular flexibility index (Phi) is 3.39. The second kappa shape index (κ2) is 5.58. The number of aryl methyl sites for hydroxylation is 2. The van der Waals surface area contributed by atoms with Crippen LogP contribution < -0.4 is 0 Å². The summed E-state index contributed by atoms with van der Waals surface area (Å²) in [4.78, 5) is 4.45. The Balaban J connectivity index is 1.90. The van der Waals surface area contributed by atoms with Gasteiger partial charge in [0, 0.05) is 28.3 Å². The first-order chi connectivity index (χ1) is 11.7. The number of benzene rings is 1. The van der Waals surface area contributed by atoms with E-state index in [0.29, 0.717) is 5.65 Å². The zero-order valence-electron chi connectivity index (χ0n) is 13.4. The van der Waals surface area contributed by atoms with Gasteiger partial charge in [-0.1, -0.05) is 23.4 Å². The van der Waals surface area contributed by atoms with E-state index in [9.17, 15) is 5.11 Å². The number of aliphatic hydroxyl groups is 1. The summed E-state index contributed by atoms with van der Waals surface area (Å²) >= 11 is 0. The largest absolute Gasteiger partial charge is 0.392 e. The molecule has 0 bridgehead atoms. The van der Waals surface area contributed by atoms with Gasteiger partial charge in [0.05, 0.1) is 18.0 Å². The molecule has 3 heterocycles. The van der Waals surface area contributed by atoms with Crippen molar-refractivity contribution >= 4 is 11.0 Å². The molecular weight excluding hydrogens is 304 g/mol. The fraction of sp³-hybridized carbons (Fsp3) is 0.167. The van der Waals surface area contributed by atoms with Crippen LogP contribution in [-0.4, -0.2) is 25.4 Å². The molecule has 0 atom stereocenters. The van der Waals surface area contributed by atoms with Gasteiger partial charge in [-0.15, -0.1) is 0 Å². The molecule has 0 spiro atoms. The molecule has 24 heavy (non-hydrogen) atoms. The Morgan fingerprint density at radius 3 is 2.79 bits per heavy atom. The summed E-state index contributed by atoms with van der Waals surface area (Å²) in [5.74, 6) is 0.765. The third kappa shape index (κ3) is 2.28. The summed E-state index contributed by atoms with van der Waals surface area (Å²) in [5, 5.41) is 21.6. The molecule has 1 aromatic carbocycles. The summed E-state index contributed by atoms with van der Waals surface area (Å²) in [7, 11) is 0. The van der Waals surface area contributed by atoms with Crippen molar-refractivity contribution in [3.8, 4) is 22.4 Å². The van der Waals surface area contributed by atoms with Crippen molar-refractivity contribution < 1.29 is 9.63 Å². The van der Waals surface area contributed by atoms with Crippen molar-refractivity contribution in [2.75, 3.05) is 0 Å². The van der Waals surface area contributed by atoms with Gasteiger partial charge in [0.2, 0.25) is 0 Å². The zero-order valence-corrected chi connectivity index (χ0v) is 13.4. The molecule has 0 saturated heterocycles. The predicted octanol–water partition coefficient (Wildman–Crippen LogP) is 3.39. The van der Waals surface area contributed by atoms with E-state index in [1.807, 2.05) is 44.2 Å². The Morgan fingerprint density at radius 1 is 1.17 bits per heavy atom. The molecule has 0 saturated carbocycles. The number of fused-ring (bicyclic) bond motifs is 1. The molecule has 3 aromatic heterocycles. The third-order valence-corrected chi connectivity index (χ3v) is 4.13. The van der Waals surface area contributed by atoms with Crippen molar-refractivity contribution in [2.24, 2.45) is 0 Å². The Hall–Kier alpha value is -2.99. The number of hydrogen-bond donors (Lipinski definition) is 2. The van der Waals surface area contributed by atoms with E-state index in [0.717, 1.165) is 44.8 Å². The lowest BCUT2D eigenvalue weighted by Gasteiger charge is -2.03. The molecule has 2 N–H and O–H groups in total. The number of aromatic nitrogens is 4. The fourth-order valence-electron chi connectivity index (χ4n) is 2.98. The van der Waals surface area contributed by atoms with Gasteiger partial charge in [0.15, 0.2) is 5.65 Å². The Labute approximate surface area is 138 Å². The maximum Gasteiger partial charge on any atom is 0.181 e. The van der Waals surface area contributed by atoms with Crippen molar-refractivity contribution in [3.63, 3.8) is 0 Å². The normalized spacial score (nSPS) is 11.3. The standard InChI is InChI=1S/C18H16N4O2/c1-10-16(11(2)24-22-10)14-7-15-17(20-21-18(15)19-8-14)13-5-3-4-12(6-13)9-23/h3-8,23H,9H2,1-2H3,(H,19,20,21). The number of nitrogens with one attached hydrogen (secondary N) is 1. The zero-order chi connectivity index (χ0) is 16.7. The van der Waals surface area contributed by atoms with Gasteiger partial charge in [0.1, 0.15) is 5.76 Å². The molecule has 120 valence electrons. The highest BCUT2D eigenvalue weighted by molar-refractivity contribution is 5.93. The van der Waals surface area contributed by atoms with E-state index in [2.05, 4.69) is 20.3 Å². The molecule has 0 radical (unpaired) electrons. The molecule has 6 heteroatoms. The van der Waals surface area contributed by atoms with Gasteiger partial charge >= 0.3 is 0 Å². The summed E-state index contributed by atoms with van der Waals surface area (Å²) in [6, 6.07) is 9.76. The van der Waals surface area contributed by atoms with E-state index >= 15 is 0 Å². The topological polar surface area (TPSA) is 87.8 Å². The summed E-state index contributed by atoms with van der Waals surface area (Å²) in [6.45, 7) is 3.81. The maximum atomic E-state index is 9.35. The van der Waals surface area contributed by atoms with Crippen LogP contribution in [0.5, 0.6) is 0 Å². The molecular formula is C18H16N4O2. The van der Waals surface area contributed by atoms with E-state index in [1.54, 1.807) is 6.20 Å². The van der Waals surface area contributed by atoms with Crippen molar-refractivity contribution in [3.05, 3.63) is 53.5 Å². The van der Waals surface area contributed by atoms with Gasteiger partial charge in [0.25, 0.3) is 0 Å². The van der Waals surface area contributed by atoms with E-state index in [4.69, 9.17) is 4.52 Å². The van der Waals surface area contributed by atoms with Gasteiger partial charge in [-0.2, -0.15) is 5.10 Å². The van der Waals surface area contributed by atoms with Crippen molar-refractivity contribution in [2.45, 2.75) is 20.5 Å². The van der Waals surface area contributed by atoms with E-state index in [-0.39, 0.29) is 6.61 Å². The number of rotatable bonds is 3. The first-order valence-electron chi connectivity index (χ1n) is 7.65. The Morgan fingerprint density at radius 2 is 2.04 bits per heavy atom. The molecule has 0 aliphatic rings.